The van der Waals surface area contributed by atoms with Gasteiger partial charge in [-0.15, -0.1) is 0 Å². The summed E-state index contributed by atoms with van der Waals surface area (Å²) in [6.07, 6.45) is 2.71. The van der Waals surface area contributed by atoms with Crippen LogP contribution in [0.15, 0.2) is 18.2 Å². The number of rotatable bonds is 3. The lowest BCUT2D eigenvalue weighted by Gasteiger charge is -2.27. The van der Waals surface area contributed by atoms with Gasteiger partial charge in [-0.3, -0.25) is 9.59 Å². The summed E-state index contributed by atoms with van der Waals surface area (Å²) >= 11 is 0. The molecule has 1 aromatic rings. The van der Waals surface area contributed by atoms with Gasteiger partial charge in [0, 0.05) is 24.3 Å². The molecule has 21 heavy (non-hydrogen) atoms. The van der Waals surface area contributed by atoms with E-state index in [1.807, 2.05) is 19.9 Å². The minimum absolute atomic E-state index is 0.0285. The smallest absolute Gasteiger partial charge is 0.231 e. The molecule has 1 saturated carbocycles. The highest BCUT2D eigenvalue weighted by Gasteiger charge is 2.42. The van der Waals surface area contributed by atoms with Gasteiger partial charge in [0.2, 0.25) is 11.8 Å². The van der Waals surface area contributed by atoms with Crippen molar-refractivity contribution in [1.29, 1.82) is 0 Å². The maximum Gasteiger partial charge on any atom is 0.231 e. The Morgan fingerprint density at radius 1 is 1.33 bits per heavy atom. The topological polar surface area (TPSA) is 84.2 Å². The molecule has 114 valence electrons. The minimum Gasteiger partial charge on any atom is -0.327 e. The molecule has 1 fully saturated rings. The SMILES string of the molecule is CC(=O)Nc1ccc(NC(=O)C2(C)CCCC2N)cc1C. The van der Waals surface area contributed by atoms with E-state index in [1.54, 1.807) is 12.1 Å². The first-order valence-electron chi connectivity index (χ1n) is 7.28. The molecular weight excluding hydrogens is 266 g/mol. The zero-order valence-electron chi connectivity index (χ0n) is 12.8. The molecule has 1 aromatic carbocycles. The number of carbonyl (C=O) groups excluding carboxylic acids is 2. The van der Waals surface area contributed by atoms with E-state index in [9.17, 15) is 9.59 Å². The first kappa shape index (κ1) is 15.5. The van der Waals surface area contributed by atoms with Gasteiger partial charge in [0.15, 0.2) is 0 Å². The van der Waals surface area contributed by atoms with Gasteiger partial charge in [-0.1, -0.05) is 6.42 Å². The average molecular weight is 289 g/mol. The molecule has 2 rings (SSSR count). The van der Waals surface area contributed by atoms with Gasteiger partial charge in [0.1, 0.15) is 0 Å². The van der Waals surface area contributed by atoms with E-state index in [0.29, 0.717) is 0 Å². The summed E-state index contributed by atoms with van der Waals surface area (Å²) in [5, 5.41) is 5.70. The van der Waals surface area contributed by atoms with Crippen LogP contribution in [0.1, 0.15) is 38.7 Å². The predicted molar refractivity (Wildman–Crippen MR) is 84.0 cm³/mol. The molecule has 1 aliphatic rings. The monoisotopic (exact) mass is 289 g/mol. The molecule has 0 aromatic heterocycles. The molecule has 0 heterocycles. The average Bonchev–Trinajstić information content (AvgIpc) is 2.74. The fourth-order valence-corrected chi connectivity index (χ4v) is 2.82. The number of amides is 2. The third-order valence-electron chi connectivity index (χ3n) is 4.34. The third-order valence-corrected chi connectivity index (χ3v) is 4.34. The predicted octanol–water partition coefficient (Wildman–Crippen LogP) is 2.41. The van der Waals surface area contributed by atoms with Crippen molar-refractivity contribution in [3.05, 3.63) is 23.8 Å². The molecule has 2 atom stereocenters. The molecule has 1 aliphatic carbocycles. The molecule has 0 spiro atoms. The molecule has 0 radical (unpaired) electrons. The second-order valence-electron chi connectivity index (χ2n) is 6.08. The molecule has 0 saturated heterocycles. The second kappa shape index (κ2) is 5.85. The van der Waals surface area contributed by atoms with Gasteiger partial charge in [0.05, 0.1) is 5.41 Å². The molecule has 2 unspecified atom stereocenters. The lowest BCUT2D eigenvalue weighted by molar-refractivity contribution is -0.125. The number of hydrogen-bond acceptors (Lipinski definition) is 3. The molecular formula is C16H23N3O2. The summed E-state index contributed by atoms with van der Waals surface area (Å²) in [5.41, 5.74) is 7.96. The summed E-state index contributed by atoms with van der Waals surface area (Å²) in [7, 11) is 0. The number of anilines is 2. The Hall–Kier alpha value is -1.88. The summed E-state index contributed by atoms with van der Waals surface area (Å²) in [4.78, 5) is 23.5. The van der Waals surface area contributed by atoms with Crippen LogP contribution in [0.5, 0.6) is 0 Å². The number of hydrogen-bond donors (Lipinski definition) is 3. The zero-order chi connectivity index (χ0) is 15.6. The van der Waals surface area contributed by atoms with Crippen LogP contribution in [0, 0.1) is 12.3 Å². The van der Waals surface area contributed by atoms with Gasteiger partial charge < -0.3 is 16.4 Å². The first-order valence-corrected chi connectivity index (χ1v) is 7.28. The van der Waals surface area contributed by atoms with Crippen molar-refractivity contribution in [3.63, 3.8) is 0 Å². The zero-order valence-corrected chi connectivity index (χ0v) is 12.8. The molecule has 4 N–H and O–H groups in total. The summed E-state index contributed by atoms with van der Waals surface area (Å²) in [5.74, 6) is -0.140. The standard InChI is InChI=1S/C16H23N3O2/c1-10-9-12(6-7-13(10)18-11(2)20)19-15(21)16(3)8-4-5-14(16)17/h6-7,9,14H,4-5,8,17H2,1-3H3,(H,18,20)(H,19,21). The lowest BCUT2D eigenvalue weighted by Crippen LogP contribution is -2.44. The van der Waals surface area contributed by atoms with Crippen molar-refractivity contribution in [2.75, 3.05) is 10.6 Å². The van der Waals surface area contributed by atoms with E-state index in [2.05, 4.69) is 10.6 Å². The molecule has 0 bridgehead atoms. The number of aryl methyl sites for hydroxylation is 1. The van der Waals surface area contributed by atoms with Crippen LogP contribution in [-0.2, 0) is 9.59 Å². The van der Waals surface area contributed by atoms with E-state index in [1.165, 1.54) is 6.92 Å². The Balaban J connectivity index is 2.11. The summed E-state index contributed by atoms with van der Waals surface area (Å²) < 4.78 is 0. The first-order chi connectivity index (χ1) is 9.83. The van der Waals surface area contributed by atoms with Crippen LogP contribution in [0.25, 0.3) is 0 Å². The van der Waals surface area contributed by atoms with Gasteiger partial charge in [-0.2, -0.15) is 0 Å². The highest BCUT2D eigenvalue weighted by atomic mass is 16.2. The van der Waals surface area contributed by atoms with Crippen molar-refractivity contribution < 1.29 is 9.59 Å². The van der Waals surface area contributed by atoms with Crippen molar-refractivity contribution in [2.45, 2.75) is 46.1 Å². The van der Waals surface area contributed by atoms with E-state index in [-0.39, 0.29) is 17.9 Å². The van der Waals surface area contributed by atoms with Crippen LogP contribution in [0.4, 0.5) is 11.4 Å². The van der Waals surface area contributed by atoms with Gasteiger partial charge >= 0.3 is 0 Å². The quantitative estimate of drug-likeness (QED) is 0.799. The van der Waals surface area contributed by atoms with E-state index in [0.717, 1.165) is 36.2 Å². The van der Waals surface area contributed by atoms with Crippen molar-refractivity contribution in [2.24, 2.45) is 11.1 Å². The number of carbonyl (C=O) groups is 2. The maximum atomic E-state index is 12.5. The largest absolute Gasteiger partial charge is 0.327 e. The molecule has 2 amide bonds. The minimum atomic E-state index is -0.496. The van der Waals surface area contributed by atoms with Crippen molar-refractivity contribution in [1.82, 2.24) is 0 Å². The van der Waals surface area contributed by atoms with Crippen LogP contribution < -0.4 is 16.4 Å². The fourth-order valence-electron chi connectivity index (χ4n) is 2.82. The Kier molecular flexibility index (Phi) is 4.32. The molecule has 5 nitrogen and oxygen atoms in total. The van der Waals surface area contributed by atoms with Crippen LogP contribution in [0.3, 0.4) is 0 Å². The van der Waals surface area contributed by atoms with Gasteiger partial charge in [0.25, 0.3) is 0 Å². The lowest BCUT2D eigenvalue weighted by atomic mass is 9.84. The maximum absolute atomic E-state index is 12.5. The van der Waals surface area contributed by atoms with E-state index >= 15 is 0 Å². The van der Waals surface area contributed by atoms with Crippen LogP contribution >= 0.6 is 0 Å². The Labute approximate surface area is 125 Å². The summed E-state index contributed by atoms with van der Waals surface area (Å²) in [6, 6.07) is 5.35. The second-order valence-corrected chi connectivity index (χ2v) is 6.08. The number of benzene rings is 1. The van der Waals surface area contributed by atoms with Crippen LogP contribution in [0.2, 0.25) is 0 Å². The van der Waals surface area contributed by atoms with E-state index < -0.39 is 5.41 Å². The third kappa shape index (κ3) is 3.24. The van der Waals surface area contributed by atoms with Crippen LogP contribution in [-0.4, -0.2) is 17.9 Å². The highest BCUT2D eigenvalue weighted by Crippen LogP contribution is 2.37. The normalized spacial score (nSPS) is 24.7. The van der Waals surface area contributed by atoms with Crippen molar-refractivity contribution in [3.8, 4) is 0 Å². The fraction of sp³-hybridized carbons (Fsp3) is 0.500. The Bertz CT molecular complexity index is 571. The Morgan fingerprint density at radius 3 is 2.57 bits per heavy atom. The summed E-state index contributed by atoms with van der Waals surface area (Å²) in [6.45, 7) is 5.29. The molecule has 5 heteroatoms. The Morgan fingerprint density at radius 2 is 2.05 bits per heavy atom. The van der Waals surface area contributed by atoms with Crippen molar-refractivity contribution >= 4 is 23.2 Å². The molecule has 0 aliphatic heterocycles. The van der Waals surface area contributed by atoms with E-state index in [4.69, 9.17) is 5.73 Å². The van der Waals surface area contributed by atoms with Gasteiger partial charge in [-0.05, 0) is 50.5 Å². The van der Waals surface area contributed by atoms with Gasteiger partial charge in [-0.25, -0.2) is 0 Å². The number of nitrogens with two attached hydrogens (primary N) is 1. The number of nitrogens with one attached hydrogen (secondary N) is 2. The highest BCUT2D eigenvalue weighted by molar-refractivity contribution is 5.96.